The lowest BCUT2D eigenvalue weighted by molar-refractivity contribution is -0.155. The van der Waals surface area contributed by atoms with Crippen molar-refractivity contribution in [2.24, 2.45) is 35.5 Å². The molecule has 0 aliphatic carbocycles. The Hall–Kier alpha value is -5.76. The van der Waals surface area contributed by atoms with Gasteiger partial charge in [-0.1, -0.05) is 95.2 Å². The number of nitrogens with one attached hydrogen (secondary N) is 5. The van der Waals surface area contributed by atoms with Crippen LogP contribution < -0.4 is 26.6 Å². The number of rotatable bonds is 34. The molecule has 0 aromatic carbocycles. The fourth-order valence-corrected chi connectivity index (χ4v) is 13.0. The summed E-state index contributed by atoms with van der Waals surface area (Å²) in [5.74, 6) is -5.76. The monoisotopic (exact) mass is 1310 g/mol. The maximum atomic E-state index is 15.1. The maximum Gasteiger partial charge on any atom is 0.248 e. The molecule has 5 N–H and O–H groups in total. The Bertz CT molecular complexity index is 2550. The number of hydrogen-bond acceptors (Lipinski definition) is 15. The third-order valence-electron chi connectivity index (χ3n) is 18.8. The highest BCUT2D eigenvalue weighted by atomic mass is 16.6. The molecule has 0 radical (unpaired) electrons. The van der Waals surface area contributed by atoms with Gasteiger partial charge >= 0.3 is 0 Å². The van der Waals surface area contributed by atoms with Crippen LogP contribution in [-0.4, -0.2) is 260 Å². The van der Waals surface area contributed by atoms with Crippen molar-refractivity contribution in [2.45, 2.75) is 260 Å². The fourth-order valence-electron chi connectivity index (χ4n) is 13.0. The van der Waals surface area contributed by atoms with E-state index in [-0.39, 0.29) is 91.2 Å². The third kappa shape index (κ3) is 21.9. The Balaban J connectivity index is 1.84. The molecule has 3 heterocycles. The van der Waals surface area contributed by atoms with Crippen LogP contribution in [0.5, 0.6) is 0 Å². The highest BCUT2D eigenvalue weighted by molar-refractivity contribution is 5.98. The van der Waals surface area contributed by atoms with E-state index >= 15 is 9.59 Å². The summed E-state index contributed by atoms with van der Waals surface area (Å²) in [6.07, 6.45) is 2.91. The first kappa shape index (κ1) is 81.5. The number of ether oxygens (including phenoxy) is 3. The van der Waals surface area contributed by atoms with Gasteiger partial charge in [-0.2, -0.15) is 0 Å². The Labute approximate surface area is 557 Å². The number of morpholine rings is 1. The van der Waals surface area contributed by atoms with E-state index < -0.39 is 126 Å². The van der Waals surface area contributed by atoms with Crippen molar-refractivity contribution in [3.63, 3.8) is 0 Å². The molecule has 18 unspecified atom stereocenters. The summed E-state index contributed by atoms with van der Waals surface area (Å²) in [5.41, 5.74) is 0. The smallest absolute Gasteiger partial charge is 0.248 e. The lowest BCUT2D eigenvalue weighted by Crippen LogP contribution is -2.61. The Morgan fingerprint density at radius 3 is 1.72 bits per heavy atom. The van der Waals surface area contributed by atoms with E-state index in [1.165, 1.54) is 73.6 Å². The van der Waals surface area contributed by atoms with Gasteiger partial charge in [0.1, 0.15) is 60.7 Å². The first-order valence-electron chi connectivity index (χ1n) is 34.1. The lowest BCUT2D eigenvalue weighted by atomic mass is 9.92. The molecule has 18 atom stereocenters. The van der Waals surface area contributed by atoms with Gasteiger partial charge in [-0.25, -0.2) is 0 Å². The van der Waals surface area contributed by atoms with Crippen LogP contribution >= 0.6 is 0 Å². The van der Waals surface area contributed by atoms with E-state index in [1.807, 2.05) is 88.3 Å². The van der Waals surface area contributed by atoms with Crippen LogP contribution in [-0.2, 0) is 62.2 Å². The fraction of sp³-hybridized carbons (Fsp3) is 0.824. The summed E-state index contributed by atoms with van der Waals surface area (Å²) in [6, 6.07) is -9.78. The first-order chi connectivity index (χ1) is 43.3. The second kappa shape index (κ2) is 36.9. The number of carbonyl (C=O) groups is 10. The van der Waals surface area contributed by atoms with Crippen LogP contribution in [0.3, 0.4) is 0 Å². The van der Waals surface area contributed by atoms with E-state index in [4.69, 9.17) is 14.2 Å². The van der Waals surface area contributed by atoms with Crippen LogP contribution in [0.2, 0.25) is 0 Å². The van der Waals surface area contributed by atoms with Gasteiger partial charge in [0.05, 0.1) is 37.0 Å². The van der Waals surface area contributed by atoms with Crippen molar-refractivity contribution in [3.05, 3.63) is 12.2 Å². The molecule has 3 rings (SSSR count). The largest absolute Gasteiger partial charge is 0.376 e. The maximum absolute atomic E-state index is 15.1. The number of nitrogens with zero attached hydrogens (tertiary/aromatic N) is 7. The van der Waals surface area contributed by atoms with Gasteiger partial charge in [-0.15, -0.1) is 0 Å². The summed E-state index contributed by atoms with van der Waals surface area (Å²) < 4.78 is 18.9. The Morgan fingerprint density at radius 1 is 0.656 bits per heavy atom. The van der Waals surface area contributed by atoms with Gasteiger partial charge in [0.2, 0.25) is 59.1 Å². The van der Waals surface area contributed by atoms with Crippen LogP contribution in [0.15, 0.2) is 12.2 Å². The molecule has 3 saturated heterocycles. The molecule has 532 valence electrons. The normalized spacial score (nSPS) is 24.4. The summed E-state index contributed by atoms with van der Waals surface area (Å²) >= 11 is 0. The minimum atomic E-state index is -1.25. The minimum Gasteiger partial charge on any atom is -0.376 e. The van der Waals surface area contributed by atoms with Crippen LogP contribution in [0.25, 0.3) is 0 Å². The van der Waals surface area contributed by atoms with E-state index in [9.17, 15) is 38.4 Å². The van der Waals surface area contributed by atoms with Crippen LogP contribution in [0.4, 0.5) is 0 Å². The van der Waals surface area contributed by atoms with E-state index in [2.05, 4.69) is 52.3 Å². The summed E-state index contributed by atoms with van der Waals surface area (Å²) in [5, 5.41) is 14.3. The molecular formula is C68H122N12O13. The summed E-state index contributed by atoms with van der Waals surface area (Å²) in [7, 11) is 10.8. The first-order valence-corrected chi connectivity index (χ1v) is 34.1. The average molecular weight is 1320 g/mol. The highest BCUT2D eigenvalue weighted by Crippen LogP contribution is 2.34. The van der Waals surface area contributed by atoms with Crippen molar-refractivity contribution in [1.82, 2.24) is 60.9 Å². The molecule has 0 bridgehead atoms. The number of epoxide rings is 1. The van der Waals surface area contributed by atoms with Gasteiger partial charge in [-0.3, -0.25) is 58.2 Å². The molecule has 3 aliphatic heterocycles. The molecule has 0 spiro atoms. The van der Waals surface area contributed by atoms with Crippen molar-refractivity contribution in [1.29, 1.82) is 0 Å². The molecular weight excluding hydrogens is 1190 g/mol. The second-order valence-electron chi connectivity index (χ2n) is 28.4. The van der Waals surface area contributed by atoms with Gasteiger partial charge in [0.15, 0.2) is 0 Å². The van der Waals surface area contributed by atoms with E-state index in [1.54, 1.807) is 32.8 Å². The molecule has 3 aliphatic rings. The van der Waals surface area contributed by atoms with Gasteiger partial charge in [-0.05, 0) is 109 Å². The summed E-state index contributed by atoms with van der Waals surface area (Å²) in [4.78, 5) is 153. The zero-order chi connectivity index (χ0) is 71.0. The van der Waals surface area contributed by atoms with Gasteiger partial charge < -0.3 is 64.9 Å². The SMILES string of the molecule is CC=CCC(C)C1OC(C)C(N(C)C(=O)C(CC(C)C)N(C)C(=O)C(CC(C)C)N(C)C(=O)C(C)NC(=O)C(C)NC(=O)C(CC(C)C)N(C)C(=O)C(NC2OC2C(C(C)CN2CC(C)OCC2C)N(C)C(=O)CC)C(C)C)C(=O)N(C)C1C(=O)NC(CC)C(=O)NC. The highest BCUT2D eigenvalue weighted by Gasteiger charge is 2.53. The van der Waals surface area contributed by atoms with Crippen LogP contribution in [0, 0.1) is 35.5 Å². The number of amides is 10. The number of allylic oxidation sites excluding steroid dienone is 2. The van der Waals surface area contributed by atoms with Crippen molar-refractivity contribution in [2.75, 3.05) is 69.0 Å². The Kier molecular flexibility index (Phi) is 32.4. The molecule has 0 aromatic rings. The number of likely N-dealkylation sites (N-methyl/N-ethyl adjacent to an activating group) is 7. The molecule has 25 nitrogen and oxygen atoms in total. The van der Waals surface area contributed by atoms with Gasteiger partial charge in [0.25, 0.3) is 0 Å². The van der Waals surface area contributed by atoms with Crippen molar-refractivity contribution >= 4 is 59.1 Å². The van der Waals surface area contributed by atoms with E-state index in [0.29, 0.717) is 19.4 Å². The molecule has 10 amide bonds. The molecule has 3 fully saturated rings. The topological polar surface area (TPSA) is 285 Å². The quantitative estimate of drug-likeness (QED) is 0.0455. The van der Waals surface area contributed by atoms with Crippen molar-refractivity contribution < 1.29 is 62.2 Å². The average Bonchev–Trinajstić information content (AvgIpc) is 1.67. The number of hydrogen-bond donors (Lipinski definition) is 5. The van der Waals surface area contributed by atoms with Crippen molar-refractivity contribution in [3.8, 4) is 0 Å². The predicted octanol–water partition coefficient (Wildman–Crippen LogP) is 3.62. The van der Waals surface area contributed by atoms with Gasteiger partial charge in [0, 0.05) is 74.9 Å². The molecule has 0 aromatic heterocycles. The van der Waals surface area contributed by atoms with E-state index in [0.717, 1.165) is 13.1 Å². The molecule has 0 saturated carbocycles. The number of carbonyl (C=O) groups excluding carboxylic acids is 10. The zero-order valence-electron chi connectivity index (χ0n) is 61.2. The third-order valence-corrected chi connectivity index (χ3v) is 18.8. The summed E-state index contributed by atoms with van der Waals surface area (Å²) in [6.45, 7) is 35.7. The Morgan fingerprint density at radius 2 is 1.19 bits per heavy atom. The zero-order valence-corrected chi connectivity index (χ0v) is 61.2. The standard InChI is InChI=1S/C68H122N12O13/c1-26-29-30-41(12)57-56(62(85)72-48(27-2)60(83)69-19)79(25)68(90)55(47(18)92-57)78(24)66(88)51(33-39(8)9)76(22)65(87)50(32-38(6)7)75(21)64(86)46(17)71-59(82)45(16)70-61(84)49(31-37(4)5)74(20)67(89)53(40(10)11)73-63-58(93-63)54(77(23)52(81)28-3)42(13)34-80-35-44(15)91-36-43(80)14/h26,29,37-51,53-58,63,73H,27-28,30-36H2,1-25H3,(H,69,83)(H,70,84)(H,71,82)(H,72,85). The molecule has 25 heteroatoms. The second-order valence-corrected chi connectivity index (χ2v) is 28.4. The lowest BCUT2D eigenvalue weighted by Gasteiger charge is -2.41. The minimum absolute atomic E-state index is 0.0104. The molecule has 93 heavy (non-hydrogen) atoms. The van der Waals surface area contributed by atoms with Crippen LogP contribution in [0.1, 0.15) is 163 Å². The predicted molar refractivity (Wildman–Crippen MR) is 358 cm³/mol.